The topological polar surface area (TPSA) is 22.0 Å². The monoisotopic (exact) mass is 219 g/mol. The van der Waals surface area contributed by atoms with Crippen molar-refractivity contribution in [3.05, 3.63) is 35.5 Å². The van der Waals surface area contributed by atoms with Gasteiger partial charge in [-0.25, -0.2) is 0 Å². The average Bonchev–Trinajstić information content (AvgIpc) is 2.66. The van der Waals surface area contributed by atoms with Gasteiger partial charge in [0.25, 0.3) is 0 Å². The molecule has 0 spiro atoms. The van der Waals surface area contributed by atoms with Gasteiger partial charge in [0.05, 0.1) is 12.2 Å². The number of hydrogen-bond acceptors (Lipinski definition) is 1. The molecule has 0 saturated heterocycles. The molecule has 0 unspecified atom stereocenters. The molecule has 0 aliphatic rings. The Morgan fingerprint density at radius 1 is 1.44 bits per heavy atom. The maximum absolute atomic E-state index is 12.2. The van der Waals surface area contributed by atoms with E-state index in [1.54, 1.807) is 6.20 Å². The van der Waals surface area contributed by atoms with Crippen molar-refractivity contribution < 1.29 is 9.18 Å². The summed E-state index contributed by atoms with van der Waals surface area (Å²) < 4.78 is 14.2. The lowest BCUT2D eigenvalue weighted by Gasteiger charge is -2.05. The van der Waals surface area contributed by atoms with Crippen LogP contribution in [-0.4, -0.2) is 17.5 Å². The zero-order valence-corrected chi connectivity index (χ0v) is 9.24. The molecule has 0 amide bonds. The zero-order valence-electron chi connectivity index (χ0n) is 9.24. The van der Waals surface area contributed by atoms with Crippen LogP contribution in [0, 0.1) is 6.92 Å². The fourth-order valence-electron chi connectivity index (χ4n) is 2.08. The van der Waals surface area contributed by atoms with Crippen LogP contribution in [0.25, 0.3) is 10.9 Å². The largest absolute Gasteiger partial charge is 0.346 e. The van der Waals surface area contributed by atoms with E-state index in [-0.39, 0.29) is 6.67 Å². The van der Waals surface area contributed by atoms with Gasteiger partial charge in [-0.15, -0.1) is 0 Å². The fourth-order valence-corrected chi connectivity index (χ4v) is 2.08. The van der Waals surface area contributed by atoms with Crippen LogP contribution >= 0.6 is 0 Å². The van der Waals surface area contributed by atoms with Gasteiger partial charge < -0.3 is 4.57 Å². The summed E-state index contributed by atoms with van der Waals surface area (Å²) in [6, 6.07) is 5.87. The zero-order chi connectivity index (χ0) is 11.5. The molecule has 0 radical (unpaired) electrons. The minimum absolute atomic E-state index is 0.331. The third kappa shape index (κ3) is 1.73. The van der Waals surface area contributed by atoms with Crippen molar-refractivity contribution >= 4 is 17.2 Å². The number of hydrogen-bond donors (Lipinski definition) is 0. The van der Waals surface area contributed by atoms with E-state index in [4.69, 9.17) is 0 Å². The number of aromatic nitrogens is 1. The standard InChI is InChI=1S/C13H14FNO/c1-10-4-2-5-12-11(9-16)8-15(13(10)12)7-3-6-14/h2,4-5,8-9H,3,6-7H2,1H3. The maximum atomic E-state index is 12.2. The summed E-state index contributed by atoms with van der Waals surface area (Å²) in [6.07, 6.45) is 3.14. The second kappa shape index (κ2) is 4.47. The van der Waals surface area contributed by atoms with E-state index in [0.717, 1.165) is 22.8 Å². The molecule has 0 N–H and O–H groups in total. The van der Waals surface area contributed by atoms with E-state index in [1.807, 2.05) is 29.7 Å². The first-order valence-corrected chi connectivity index (χ1v) is 5.37. The lowest BCUT2D eigenvalue weighted by Crippen LogP contribution is -1.97. The summed E-state index contributed by atoms with van der Waals surface area (Å²) in [4.78, 5) is 10.9. The van der Waals surface area contributed by atoms with E-state index >= 15 is 0 Å². The molecule has 16 heavy (non-hydrogen) atoms. The smallest absolute Gasteiger partial charge is 0.152 e. The van der Waals surface area contributed by atoms with Gasteiger partial charge in [0.2, 0.25) is 0 Å². The SMILES string of the molecule is Cc1cccc2c(C=O)cn(CCCF)c12. The third-order valence-corrected chi connectivity index (χ3v) is 2.79. The van der Waals surface area contributed by atoms with Crippen molar-refractivity contribution in [2.24, 2.45) is 0 Å². The molecule has 3 heteroatoms. The van der Waals surface area contributed by atoms with Crippen LogP contribution in [-0.2, 0) is 6.54 Å². The molecule has 0 aliphatic carbocycles. The highest BCUT2D eigenvalue weighted by molar-refractivity contribution is 5.98. The van der Waals surface area contributed by atoms with Gasteiger partial charge in [0, 0.05) is 23.7 Å². The number of nitrogens with zero attached hydrogens (tertiary/aromatic N) is 1. The van der Waals surface area contributed by atoms with Gasteiger partial charge in [-0.05, 0) is 18.9 Å². The summed E-state index contributed by atoms with van der Waals surface area (Å²) in [5.41, 5.74) is 2.83. The number of fused-ring (bicyclic) bond motifs is 1. The van der Waals surface area contributed by atoms with Gasteiger partial charge in [-0.2, -0.15) is 0 Å². The number of aryl methyl sites for hydroxylation is 2. The number of rotatable bonds is 4. The maximum Gasteiger partial charge on any atom is 0.152 e. The number of aldehydes is 1. The van der Waals surface area contributed by atoms with Crippen molar-refractivity contribution in [2.45, 2.75) is 19.9 Å². The van der Waals surface area contributed by atoms with Crippen molar-refractivity contribution in [3.63, 3.8) is 0 Å². The molecule has 0 atom stereocenters. The van der Waals surface area contributed by atoms with Crippen LogP contribution in [0.2, 0.25) is 0 Å². The van der Waals surface area contributed by atoms with Crippen LogP contribution in [0.3, 0.4) is 0 Å². The quantitative estimate of drug-likeness (QED) is 0.724. The Bertz CT molecular complexity index is 516. The number of benzene rings is 1. The Kier molecular flexibility index (Phi) is 3.04. The lowest BCUT2D eigenvalue weighted by molar-refractivity contribution is 0.112. The van der Waals surface area contributed by atoms with Gasteiger partial charge in [0.1, 0.15) is 0 Å². The van der Waals surface area contributed by atoms with Crippen molar-refractivity contribution in [1.29, 1.82) is 0 Å². The summed E-state index contributed by atoms with van der Waals surface area (Å²) >= 11 is 0. The van der Waals surface area contributed by atoms with E-state index in [1.165, 1.54) is 0 Å². The molecule has 2 nitrogen and oxygen atoms in total. The Labute approximate surface area is 93.7 Å². The third-order valence-electron chi connectivity index (χ3n) is 2.79. The predicted octanol–water partition coefficient (Wildman–Crippen LogP) is 3.12. The molecule has 0 saturated carbocycles. The van der Waals surface area contributed by atoms with Crippen LogP contribution in [0.5, 0.6) is 0 Å². The second-order valence-corrected chi connectivity index (χ2v) is 3.91. The average molecular weight is 219 g/mol. The highest BCUT2D eigenvalue weighted by atomic mass is 19.1. The van der Waals surface area contributed by atoms with Crippen molar-refractivity contribution in [1.82, 2.24) is 4.57 Å². The first-order chi connectivity index (χ1) is 7.77. The van der Waals surface area contributed by atoms with Crippen LogP contribution in [0.15, 0.2) is 24.4 Å². The van der Waals surface area contributed by atoms with E-state index in [2.05, 4.69) is 0 Å². The number of carbonyl (C=O) groups excluding carboxylic acids is 1. The number of para-hydroxylation sites is 1. The lowest BCUT2D eigenvalue weighted by atomic mass is 10.1. The van der Waals surface area contributed by atoms with Crippen LogP contribution < -0.4 is 0 Å². The molecular weight excluding hydrogens is 205 g/mol. The van der Waals surface area contributed by atoms with E-state index < -0.39 is 0 Å². The first kappa shape index (κ1) is 10.9. The highest BCUT2D eigenvalue weighted by Gasteiger charge is 2.09. The van der Waals surface area contributed by atoms with Gasteiger partial charge in [0.15, 0.2) is 6.29 Å². The molecule has 0 bridgehead atoms. The molecule has 2 rings (SSSR count). The molecule has 1 heterocycles. The van der Waals surface area contributed by atoms with Gasteiger partial charge >= 0.3 is 0 Å². The minimum Gasteiger partial charge on any atom is -0.346 e. The molecule has 1 aromatic carbocycles. The van der Waals surface area contributed by atoms with E-state index in [9.17, 15) is 9.18 Å². The first-order valence-electron chi connectivity index (χ1n) is 5.37. The highest BCUT2D eigenvalue weighted by Crippen LogP contribution is 2.23. The predicted molar refractivity (Wildman–Crippen MR) is 62.7 cm³/mol. The normalized spacial score (nSPS) is 10.9. The van der Waals surface area contributed by atoms with Crippen molar-refractivity contribution in [3.8, 4) is 0 Å². The summed E-state index contributed by atoms with van der Waals surface area (Å²) in [6.45, 7) is 2.29. The van der Waals surface area contributed by atoms with Gasteiger partial charge in [-0.3, -0.25) is 9.18 Å². The molecule has 2 aromatic rings. The summed E-state index contributed by atoms with van der Waals surface area (Å²) in [5, 5.41) is 0.953. The Morgan fingerprint density at radius 3 is 2.94 bits per heavy atom. The summed E-state index contributed by atoms with van der Waals surface area (Å²) in [5.74, 6) is 0. The molecule has 84 valence electrons. The second-order valence-electron chi connectivity index (χ2n) is 3.91. The number of carbonyl (C=O) groups is 1. The summed E-state index contributed by atoms with van der Waals surface area (Å²) in [7, 11) is 0. The fraction of sp³-hybridized carbons (Fsp3) is 0.308. The number of alkyl halides is 1. The Morgan fingerprint density at radius 2 is 2.25 bits per heavy atom. The van der Waals surface area contributed by atoms with Crippen LogP contribution in [0.1, 0.15) is 22.3 Å². The van der Waals surface area contributed by atoms with E-state index in [0.29, 0.717) is 18.5 Å². The molecular formula is C13H14FNO. The van der Waals surface area contributed by atoms with Crippen LogP contribution in [0.4, 0.5) is 4.39 Å². The Hall–Kier alpha value is -1.64. The Balaban J connectivity index is 2.59. The molecule has 0 fully saturated rings. The van der Waals surface area contributed by atoms with Crippen molar-refractivity contribution in [2.75, 3.05) is 6.67 Å². The van der Waals surface area contributed by atoms with Gasteiger partial charge in [-0.1, -0.05) is 18.2 Å². The molecule has 1 aromatic heterocycles. The number of halogens is 1. The minimum atomic E-state index is -0.331. The molecule has 0 aliphatic heterocycles.